The van der Waals surface area contributed by atoms with E-state index in [0.29, 0.717) is 10.7 Å². The Morgan fingerprint density at radius 1 is 0.926 bits per heavy atom. The van der Waals surface area contributed by atoms with Gasteiger partial charge in [0, 0.05) is 16.3 Å². The SMILES string of the molecule is O=C(Nc1ccc(Cl)cc1)c1cccc(S(=O)(=O)Nc2ccccc2F)c1. The van der Waals surface area contributed by atoms with E-state index in [1.54, 1.807) is 24.3 Å². The Kier molecular flexibility index (Phi) is 5.43. The summed E-state index contributed by atoms with van der Waals surface area (Å²) in [5.74, 6) is -1.18. The molecule has 0 atom stereocenters. The lowest BCUT2D eigenvalue weighted by atomic mass is 10.2. The lowest BCUT2D eigenvalue weighted by Crippen LogP contribution is -2.16. The summed E-state index contributed by atoms with van der Waals surface area (Å²) in [7, 11) is -4.06. The second kappa shape index (κ2) is 7.77. The van der Waals surface area contributed by atoms with Crippen LogP contribution >= 0.6 is 11.6 Å². The van der Waals surface area contributed by atoms with Crippen molar-refractivity contribution in [2.75, 3.05) is 10.0 Å². The number of carbonyl (C=O) groups is 1. The van der Waals surface area contributed by atoms with Gasteiger partial charge in [-0.3, -0.25) is 9.52 Å². The van der Waals surface area contributed by atoms with E-state index < -0.39 is 21.7 Å². The van der Waals surface area contributed by atoms with Crippen LogP contribution in [0, 0.1) is 5.82 Å². The van der Waals surface area contributed by atoms with E-state index in [2.05, 4.69) is 10.0 Å². The highest BCUT2D eigenvalue weighted by Gasteiger charge is 2.18. The molecule has 1 amide bonds. The van der Waals surface area contributed by atoms with Crippen LogP contribution in [0.5, 0.6) is 0 Å². The van der Waals surface area contributed by atoms with Crippen molar-refractivity contribution in [3.63, 3.8) is 0 Å². The number of sulfonamides is 1. The molecule has 0 aliphatic carbocycles. The first-order chi connectivity index (χ1) is 12.8. The maximum Gasteiger partial charge on any atom is 0.262 e. The van der Waals surface area contributed by atoms with E-state index in [1.807, 2.05) is 0 Å². The Morgan fingerprint density at radius 3 is 2.33 bits per heavy atom. The van der Waals surface area contributed by atoms with Crippen molar-refractivity contribution in [2.45, 2.75) is 4.90 Å². The lowest BCUT2D eigenvalue weighted by Gasteiger charge is -2.10. The molecule has 0 aliphatic heterocycles. The fourth-order valence-electron chi connectivity index (χ4n) is 2.29. The molecule has 27 heavy (non-hydrogen) atoms. The van der Waals surface area contributed by atoms with Crippen LogP contribution < -0.4 is 10.0 Å². The van der Waals surface area contributed by atoms with Gasteiger partial charge >= 0.3 is 0 Å². The van der Waals surface area contributed by atoms with E-state index in [-0.39, 0.29) is 16.1 Å². The number of hydrogen-bond acceptors (Lipinski definition) is 3. The quantitative estimate of drug-likeness (QED) is 0.655. The maximum absolute atomic E-state index is 13.7. The van der Waals surface area contributed by atoms with Gasteiger partial charge in [0.1, 0.15) is 5.82 Å². The number of benzene rings is 3. The van der Waals surface area contributed by atoms with Gasteiger partial charge in [-0.05, 0) is 54.6 Å². The summed E-state index contributed by atoms with van der Waals surface area (Å²) >= 11 is 5.80. The zero-order valence-electron chi connectivity index (χ0n) is 13.8. The normalized spacial score (nSPS) is 11.0. The smallest absolute Gasteiger partial charge is 0.262 e. The van der Waals surface area contributed by atoms with Gasteiger partial charge in [-0.25, -0.2) is 12.8 Å². The zero-order chi connectivity index (χ0) is 19.4. The van der Waals surface area contributed by atoms with Gasteiger partial charge < -0.3 is 5.32 Å². The van der Waals surface area contributed by atoms with Gasteiger partial charge in [0.15, 0.2) is 0 Å². The lowest BCUT2D eigenvalue weighted by molar-refractivity contribution is 0.102. The number of nitrogens with one attached hydrogen (secondary N) is 2. The Labute approximate surface area is 160 Å². The van der Waals surface area contributed by atoms with Gasteiger partial charge in [0.2, 0.25) is 0 Å². The molecular weight excluding hydrogens is 391 g/mol. The fraction of sp³-hybridized carbons (Fsp3) is 0. The standard InChI is InChI=1S/C19H14ClFN2O3S/c20-14-8-10-15(11-9-14)22-19(24)13-4-3-5-16(12-13)27(25,26)23-18-7-2-1-6-17(18)21/h1-12,23H,(H,22,24). The Bertz CT molecular complexity index is 1090. The van der Waals surface area contributed by atoms with E-state index in [4.69, 9.17) is 11.6 Å². The molecule has 0 saturated carbocycles. The van der Waals surface area contributed by atoms with Gasteiger partial charge in [0.25, 0.3) is 15.9 Å². The van der Waals surface area contributed by atoms with Gasteiger partial charge in [-0.1, -0.05) is 29.8 Å². The molecule has 3 aromatic carbocycles. The molecule has 0 aromatic heterocycles. The van der Waals surface area contributed by atoms with Crippen LogP contribution in [-0.2, 0) is 10.0 Å². The summed E-state index contributed by atoms with van der Waals surface area (Å²) in [5.41, 5.74) is 0.483. The monoisotopic (exact) mass is 404 g/mol. The molecule has 2 N–H and O–H groups in total. The number of para-hydroxylation sites is 1. The van der Waals surface area contributed by atoms with Crippen LogP contribution in [-0.4, -0.2) is 14.3 Å². The van der Waals surface area contributed by atoms with Crippen LogP contribution in [0.25, 0.3) is 0 Å². The number of carbonyl (C=O) groups excluding carboxylic acids is 1. The molecule has 3 rings (SSSR count). The minimum atomic E-state index is -4.06. The van der Waals surface area contributed by atoms with Gasteiger partial charge in [0.05, 0.1) is 10.6 Å². The summed E-state index contributed by atoms with van der Waals surface area (Å²) in [6.07, 6.45) is 0. The summed E-state index contributed by atoms with van der Waals surface area (Å²) in [6, 6.07) is 17.4. The molecule has 8 heteroatoms. The van der Waals surface area contributed by atoms with E-state index >= 15 is 0 Å². The third-order valence-corrected chi connectivity index (χ3v) is 5.24. The molecule has 0 radical (unpaired) electrons. The molecule has 0 aliphatic rings. The molecule has 0 bridgehead atoms. The van der Waals surface area contributed by atoms with Crippen LogP contribution in [0.4, 0.5) is 15.8 Å². The number of anilines is 2. The Balaban J connectivity index is 1.83. The molecule has 3 aromatic rings. The molecular formula is C19H14ClFN2O3S. The molecule has 0 unspecified atom stereocenters. The van der Waals surface area contributed by atoms with Gasteiger partial charge in [-0.2, -0.15) is 0 Å². The molecule has 0 spiro atoms. The van der Waals surface area contributed by atoms with Crippen LogP contribution in [0.3, 0.4) is 0 Å². The van der Waals surface area contributed by atoms with Crippen molar-refractivity contribution >= 4 is 38.9 Å². The maximum atomic E-state index is 13.7. The van der Waals surface area contributed by atoms with Crippen LogP contribution in [0.2, 0.25) is 5.02 Å². The van der Waals surface area contributed by atoms with Crippen molar-refractivity contribution in [3.8, 4) is 0 Å². The average Bonchev–Trinajstić information content (AvgIpc) is 2.65. The third kappa shape index (κ3) is 4.64. The minimum absolute atomic E-state index is 0.140. The summed E-state index contributed by atoms with van der Waals surface area (Å²) in [5, 5.41) is 3.18. The molecule has 0 saturated heterocycles. The van der Waals surface area contributed by atoms with Crippen molar-refractivity contribution < 1.29 is 17.6 Å². The summed E-state index contributed by atoms with van der Waals surface area (Å²) in [4.78, 5) is 12.2. The van der Waals surface area contributed by atoms with Crippen molar-refractivity contribution in [2.24, 2.45) is 0 Å². The minimum Gasteiger partial charge on any atom is -0.322 e. The Morgan fingerprint density at radius 2 is 1.63 bits per heavy atom. The number of rotatable bonds is 5. The first-order valence-electron chi connectivity index (χ1n) is 7.79. The number of amides is 1. The number of hydrogen-bond donors (Lipinski definition) is 2. The van der Waals surface area contributed by atoms with Crippen molar-refractivity contribution in [1.29, 1.82) is 0 Å². The third-order valence-electron chi connectivity index (χ3n) is 3.63. The van der Waals surface area contributed by atoms with E-state index in [9.17, 15) is 17.6 Å². The van der Waals surface area contributed by atoms with Gasteiger partial charge in [-0.15, -0.1) is 0 Å². The fourth-order valence-corrected chi connectivity index (χ4v) is 3.53. The largest absolute Gasteiger partial charge is 0.322 e. The molecule has 0 heterocycles. The highest BCUT2D eigenvalue weighted by Crippen LogP contribution is 2.20. The molecule has 5 nitrogen and oxygen atoms in total. The predicted molar refractivity (Wildman–Crippen MR) is 103 cm³/mol. The van der Waals surface area contributed by atoms with Crippen molar-refractivity contribution in [1.82, 2.24) is 0 Å². The highest BCUT2D eigenvalue weighted by molar-refractivity contribution is 7.92. The van der Waals surface area contributed by atoms with Crippen LogP contribution in [0.15, 0.2) is 77.7 Å². The van der Waals surface area contributed by atoms with E-state index in [0.717, 1.165) is 6.07 Å². The first kappa shape index (κ1) is 18.9. The zero-order valence-corrected chi connectivity index (χ0v) is 15.4. The summed E-state index contributed by atoms with van der Waals surface area (Å²) in [6.45, 7) is 0. The Hall–Kier alpha value is -2.90. The topological polar surface area (TPSA) is 75.3 Å². The van der Waals surface area contributed by atoms with Crippen molar-refractivity contribution in [3.05, 3.63) is 89.2 Å². The number of halogens is 2. The predicted octanol–water partition coefficient (Wildman–Crippen LogP) is 4.53. The first-order valence-corrected chi connectivity index (χ1v) is 9.65. The second-order valence-electron chi connectivity index (χ2n) is 5.57. The molecule has 0 fully saturated rings. The average molecular weight is 405 g/mol. The molecule has 138 valence electrons. The second-order valence-corrected chi connectivity index (χ2v) is 7.69. The highest BCUT2D eigenvalue weighted by atomic mass is 35.5. The van der Waals surface area contributed by atoms with E-state index in [1.165, 1.54) is 42.5 Å². The summed E-state index contributed by atoms with van der Waals surface area (Å²) < 4.78 is 40.9. The van der Waals surface area contributed by atoms with Crippen LogP contribution in [0.1, 0.15) is 10.4 Å².